The second-order valence-corrected chi connectivity index (χ2v) is 8.35. The van der Waals surface area contributed by atoms with E-state index < -0.39 is 6.09 Å². The van der Waals surface area contributed by atoms with Gasteiger partial charge in [-0.05, 0) is 72.7 Å². The molecule has 1 fully saturated rings. The molecule has 3 N–H and O–H groups in total. The van der Waals surface area contributed by atoms with Crippen molar-refractivity contribution in [2.45, 2.75) is 56.9 Å². The second kappa shape index (κ2) is 7.55. The van der Waals surface area contributed by atoms with Crippen molar-refractivity contribution < 1.29 is 13.9 Å². The Morgan fingerprint density at radius 2 is 1.96 bits per heavy atom. The first-order valence-corrected chi connectivity index (χ1v) is 10.1. The first kappa shape index (κ1) is 18.9. The summed E-state index contributed by atoms with van der Waals surface area (Å²) in [5.74, 6) is 0.675. The number of anilines is 1. The van der Waals surface area contributed by atoms with Gasteiger partial charge in [-0.2, -0.15) is 0 Å². The number of nitrogens with two attached hydrogens (primary N) is 1. The van der Waals surface area contributed by atoms with E-state index in [0.717, 1.165) is 12.8 Å². The maximum Gasteiger partial charge on any atom is 0.417 e. The average molecular weight is 382 g/mol. The molecule has 0 heterocycles. The molecule has 0 aliphatic heterocycles. The zero-order valence-corrected chi connectivity index (χ0v) is 16.2. The third-order valence-electron chi connectivity index (χ3n) is 6.49. The van der Waals surface area contributed by atoms with Crippen LogP contribution in [0.25, 0.3) is 0 Å². The number of halogens is 1. The summed E-state index contributed by atoms with van der Waals surface area (Å²) in [6, 6.07) is 11.6. The molecule has 28 heavy (non-hydrogen) atoms. The summed E-state index contributed by atoms with van der Waals surface area (Å²) < 4.78 is 18.5. The van der Waals surface area contributed by atoms with Crippen LogP contribution < -0.4 is 15.8 Å². The third kappa shape index (κ3) is 3.63. The summed E-state index contributed by atoms with van der Waals surface area (Å²) >= 11 is 0. The summed E-state index contributed by atoms with van der Waals surface area (Å²) in [5.41, 5.74) is 9.65. The van der Waals surface area contributed by atoms with Crippen LogP contribution >= 0.6 is 0 Å². The van der Waals surface area contributed by atoms with Crippen molar-refractivity contribution in [1.29, 1.82) is 0 Å². The van der Waals surface area contributed by atoms with Crippen molar-refractivity contribution in [3.63, 3.8) is 0 Å². The lowest BCUT2D eigenvalue weighted by molar-refractivity contribution is 0.200. The molecule has 1 amide bonds. The van der Waals surface area contributed by atoms with Crippen molar-refractivity contribution in [3.05, 3.63) is 59.4 Å². The Bertz CT molecular complexity index is 867. The first-order chi connectivity index (χ1) is 13.5. The molecule has 2 aliphatic rings. The summed E-state index contributed by atoms with van der Waals surface area (Å²) in [6.07, 6.45) is 6.34. The van der Waals surface area contributed by atoms with Gasteiger partial charge in [0, 0.05) is 17.1 Å². The van der Waals surface area contributed by atoms with Gasteiger partial charge in [0.1, 0.15) is 11.6 Å². The van der Waals surface area contributed by atoms with Gasteiger partial charge in [0.2, 0.25) is 0 Å². The standard InChI is InChI=1S/C23H27FN2O2/c1-23-12-4-2-3-5-16(21(23)25)13-15-6-11-19(14-20(15)23)28-22(27)26-18-9-7-17(24)8-10-18/h6-11,14,16,21H,2-5,12-13,25H2,1H3,(H,26,27)/t16?,21-,23+/m0/s1. The van der Waals surface area contributed by atoms with Crippen LogP contribution in [0.4, 0.5) is 14.9 Å². The molecule has 0 radical (unpaired) electrons. The third-order valence-corrected chi connectivity index (χ3v) is 6.49. The van der Waals surface area contributed by atoms with E-state index in [2.05, 4.69) is 18.3 Å². The maximum absolute atomic E-state index is 13.0. The van der Waals surface area contributed by atoms with E-state index in [-0.39, 0.29) is 17.3 Å². The molecular weight excluding hydrogens is 355 g/mol. The number of rotatable bonds is 2. The van der Waals surface area contributed by atoms with E-state index in [0.29, 0.717) is 17.4 Å². The number of carbonyl (C=O) groups excluding carboxylic acids is 1. The van der Waals surface area contributed by atoms with Gasteiger partial charge in [0.25, 0.3) is 0 Å². The van der Waals surface area contributed by atoms with Gasteiger partial charge in [-0.3, -0.25) is 5.32 Å². The van der Waals surface area contributed by atoms with Gasteiger partial charge < -0.3 is 10.5 Å². The average Bonchev–Trinajstić information content (AvgIpc) is 2.67. The van der Waals surface area contributed by atoms with Crippen LogP contribution in [0.1, 0.15) is 50.2 Å². The molecule has 1 saturated carbocycles. The number of amides is 1. The Morgan fingerprint density at radius 1 is 1.18 bits per heavy atom. The molecule has 0 spiro atoms. The Balaban J connectivity index is 1.55. The normalized spacial score (nSPS) is 26.5. The SMILES string of the molecule is C[C@@]12CCCCCC(Cc3ccc(OC(=O)Nc4ccc(F)cc4)cc31)[C@@H]2N. The fourth-order valence-electron chi connectivity index (χ4n) is 4.88. The topological polar surface area (TPSA) is 64.3 Å². The van der Waals surface area contributed by atoms with Gasteiger partial charge in [0.15, 0.2) is 0 Å². The fraction of sp³-hybridized carbons (Fsp3) is 0.435. The summed E-state index contributed by atoms with van der Waals surface area (Å²) in [7, 11) is 0. The Morgan fingerprint density at radius 3 is 2.75 bits per heavy atom. The number of nitrogens with one attached hydrogen (secondary N) is 1. The van der Waals surface area contributed by atoms with E-state index in [1.807, 2.05) is 12.1 Å². The second-order valence-electron chi connectivity index (χ2n) is 8.35. The molecule has 2 aromatic carbocycles. The molecule has 0 aromatic heterocycles. The van der Waals surface area contributed by atoms with Crippen LogP contribution in [0.5, 0.6) is 5.75 Å². The van der Waals surface area contributed by atoms with E-state index >= 15 is 0 Å². The molecule has 2 aromatic rings. The van der Waals surface area contributed by atoms with Crippen molar-refractivity contribution in [1.82, 2.24) is 0 Å². The predicted octanol–water partition coefficient (Wildman–Crippen LogP) is 5.16. The van der Waals surface area contributed by atoms with Crippen molar-refractivity contribution in [2.24, 2.45) is 11.7 Å². The number of benzene rings is 2. The first-order valence-electron chi connectivity index (χ1n) is 10.1. The van der Waals surface area contributed by atoms with Crippen LogP contribution in [0.15, 0.2) is 42.5 Å². The minimum atomic E-state index is -0.590. The summed E-state index contributed by atoms with van der Waals surface area (Å²) in [6.45, 7) is 2.26. The molecule has 2 bridgehead atoms. The lowest BCUT2D eigenvalue weighted by Gasteiger charge is -2.47. The zero-order valence-electron chi connectivity index (χ0n) is 16.2. The predicted molar refractivity (Wildman–Crippen MR) is 108 cm³/mol. The van der Waals surface area contributed by atoms with Crippen molar-refractivity contribution >= 4 is 11.8 Å². The number of ether oxygens (including phenoxy) is 1. The highest BCUT2D eigenvalue weighted by atomic mass is 19.1. The zero-order chi connectivity index (χ0) is 19.7. The van der Waals surface area contributed by atoms with Crippen LogP contribution in [-0.2, 0) is 11.8 Å². The highest BCUT2D eigenvalue weighted by Crippen LogP contribution is 2.46. The maximum atomic E-state index is 13.0. The van der Waals surface area contributed by atoms with Crippen LogP contribution in [0, 0.1) is 11.7 Å². The number of fused-ring (bicyclic) bond motifs is 4. The largest absolute Gasteiger partial charge is 0.417 e. The van der Waals surface area contributed by atoms with Crippen LogP contribution in [-0.4, -0.2) is 12.1 Å². The van der Waals surface area contributed by atoms with Crippen LogP contribution in [0.2, 0.25) is 0 Å². The molecule has 4 nitrogen and oxygen atoms in total. The molecule has 4 rings (SSSR count). The Hall–Kier alpha value is -2.40. The van der Waals surface area contributed by atoms with Crippen molar-refractivity contribution in [3.8, 4) is 5.75 Å². The summed E-state index contributed by atoms with van der Waals surface area (Å²) in [4.78, 5) is 12.2. The quantitative estimate of drug-likeness (QED) is 0.754. The molecule has 148 valence electrons. The van der Waals surface area contributed by atoms with Crippen molar-refractivity contribution in [2.75, 3.05) is 5.32 Å². The Kier molecular flexibility index (Phi) is 5.11. The lowest BCUT2D eigenvalue weighted by atomic mass is 9.60. The molecular formula is C23H27FN2O2. The highest BCUT2D eigenvalue weighted by Gasteiger charge is 2.43. The highest BCUT2D eigenvalue weighted by molar-refractivity contribution is 5.86. The fourth-order valence-corrected chi connectivity index (χ4v) is 4.88. The minimum Gasteiger partial charge on any atom is -0.410 e. The lowest BCUT2D eigenvalue weighted by Crippen LogP contribution is -2.52. The smallest absolute Gasteiger partial charge is 0.410 e. The van der Waals surface area contributed by atoms with E-state index in [1.54, 1.807) is 0 Å². The van der Waals surface area contributed by atoms with Gasteiger partial charge in [-0.1, -0.05) is 32.3 Å². The van der Waals surface area contributed by atoms with Gasteiger partial charge in [0.05, 0.1) is 0 Å². The monoisotopic (exact) mass is 382 g/mol. The van der Waals surface area contributed by atoms with E-state index in [1.165, 1.54) is 61.1 Å². The van der Waals surface area contributed by atoms with Gasteiger partial charge in [-0.25, -0.2) is 9.18 Å². The minimum absolute atomic E-state index is 0.0918. The number of hydrogen-bond donors (Lipinski definition) is 2. The van der Waals surface area contributed by atoms with Gasteiger partial charge in [-0.15, -0.1) is 0 Å². The molecule has 0 saturated heterocycles. The summed E-state index contributed by atoms with van der Waals surface area (Å²) in [5, 5.41) is 2.63. The number of hydrogen-bond acceptors (Lipinski definition) is 3. The number of carbonyl (C=O) groups is 1. The van der Waals surface area contributed by atoms with E-state index in [9.17, 15) is 9.18 Å². The van der Waals surface area contributed by atoms with Gasteiger partial charge >= 0.3 is 6.09 Å². The molecule has 2 aliphatic carbocycles. The van der Waals surface area contributed by atoms with E-state index in [4.69, 9.17) is 10.5 Å². The molecule has 5 heteroatoms. The molecule has 3 atom stereocenters. The van der Waals surface area contributed by atoms with Crippen LogP contribution in [0.3, 0.4) is 0 Å². The Labute approximate surface area is 165 Å². The molecule has 1 unspecified atom stereocenters.